The topological polar surface area (TPSA) is 40.5 Å². The fraction of sp³-hybridized carbons (Fsp3) is 0.400. The fourth-order valence-corrected chi connectivity index (χ4v) is 3.57. The van der Waals surface area contributed by atoms with E-state index < -0.39 is 5.60 Å². The molecule has 0 saturated heterocycles. The minimum atomic E-state index is -0.922. The Hall–Kier alpha value is -1.10. The van der Waals surface area contributed by atoms with Gasteiger partial charge in [0.25, 0.3) is 5.91 Å². The van der Waals surface area contributed by atoms with Crippen LogP contribution in [0.3, 0.4) is 0 Å². The molecule has 108 valence electrons. The Balaban J connectivity index is 2.37. The number of nitrogens with zero attached hydrogens (tertiary/aromatic N) is 1. The Kier molecular flexibility index (Phi) is 4.37. The van der Waals surface area contributed by atoms with Gasteiger partial charge in [-0.05, 0) is 26.8 Å². The Bertz CT molecular complexity index is 630. The van der Waals surface area contributed by atoms with Crippen molar-refractivity contribution in [1.29, 1.82) is 0 Å². The largest absolute Gasteiger partial charge is 0.389 e. The molecule has 0 aliphatic rings. The van der Waals surface area contributed by atoms with Crippen LogP contribution in [0.15, 0.2) is 24.3 Å². The molecule has 3 nitrogen and oxygen atoms in total. The van der Waals surface area contributed by atoms with Crippen LogP contribution in [0.1, 0.15) is 30.4 Å². The van der Waals surface area contributed by atoms with Gasteiger partial charge in [-0.15, -0.1) is 11.3 Å². The Morgan fingerprint density at radius 2 is 2.05 bits per heavy atom. The van der Waals surface area contributed by atoms with Gasteiger partial charge in [0.2, 0.25) is 0 Å². The van der Waals surface area contributed by atoms with E-state index in [4.69, 9.17) is 11.6 Å². The summed E-state index contributed by atoms with van der Waals surface area (Å²) in [5.41, 5.74) is -0.922. The average Bonchev–Trinajstić information content (AvgIpc) is 2.72. The van der Waals surface area contributed by atoms with E-state index in [0.29, 0.717) is 16.4 Å². The summed E-state index contributed by atoms with van der Waals surface area (Å²) in [5, 5.41) is 11.3. The van der Waals surface area contributed by atoms with Crippen molar-refractivity contribution in [3.05, 3.63) is 34.2 Å². The third kappa shape index (κ3) is 3.14. The van der Waals surface area contributed by atoms with Crippen LogP contribution in [-0.4, -0.2) is 34.6 Å². The monoisotopic (exact) mass is 311 g/mol. The van der Waals surface area contributed by atoms with E-state index in [1.807, 2.05) is 31.2 Å². The maximum Gasteiger partial charge on any atom is 0.265 e. The lowest BCUT2D eigenvalue weighted by Crippen LogP contribution is -2.41. The lowest BCUT2D eigenvalue weighted by atomic mass is 10.1. The van der Waals surface area contributed by atoms with Crippen LogP contribution in [0.5, 0.6) is 0 Å². The molecule has 1 aromatic heterocycles. The zero-order valence-corrected chi connectivity index (χ0v) is 13.4. The summed E-state index contributed by atoms with van der Waals surface area (Å²) in [4.78, 5) is 14.7. The Morgan fingerprint density at radius 1 is 1.40 bits per heavy atom. The molecule has 2 rings (SSSR count). The second-order valence-corrected chi connectivity index (χ2v) is 6.80. The SMILES string of the molecule is CCN(CC(C)(C)O)C(=O)c1sc2ccccc2c1Cl. The van der Waals surface area contributed by atoms with Gasteiger partial charge < -0.3 is 10.0 Å². The first-order valence-corrected chi connectivity index (χ1v) is 7.71. The van der Waals surface area contributed by atoms with Crippen molar-refractivity contribution in [2.75, 3.05) is 13.1 Å². The number of hydrogen-bond acceptors (Lipinski definition) is 3. The summed E-state index contributed by atoms with van der Waals surface area (Å²) >= 11 is 7.72. The number of likely N-dealkylation sites (N-methyl/N-ethyl adjacent to an activating group) is 1. The van der Waals surface area contributed by atoms with Gasteiger partial charge in [0.1, 0.15) is 4.88 Å². The molecule has 0 atom stereocenters. The van der Waals surface area contributed by atoms with Crippen LogP contribution in [0.2, 0.25) is 5.02 Å². The van der Waals surface area contributed by atoms with Gasteiger partial charge in [-0.25, -0.2) is 0 Å². The number of thiophene rings is 1. The van der Waals surface area contributed by atoms with Crippen LogP contribution in [0, 0.1) is 0 Å². The summed E-state index contributed by atoms with van der Waals surface area (Å²) < 4.78 is 1.00. The molecule has 0 aliphatic heterocycles. The molecular formula is C15H18ClNO2S. The number of carbonyl (C=O) groups is 1. The smallest absolute Gasteiger partial charge is 0.265 e. The molecule has 1 aromatic carbocycles. The van der Waals surface area contributed by atoms with Gasteiger partial charge >= 0.3 is 0 Å². The van der Waals surface area contributed by atoms with Gasteiger partial charge in [0, 0.05) is 23.2 Å². The van der Waals surface area contributed by atoms with E-state index in [1.165, 1.54) is 11.3 Å². The zero-order chi connectivity index (χ0) is 14.9. The summed E-state index contributed by atoms with van der Waals surface area (Å²) in [6, 6.07) is 7.70. The Labute approximate surface area is 127 Å². The maximum atomic E-state index is 12.6. The highest BCUT2D eigenvalue weighted by atomic mass is 35.5. The molecule has 0 spiro atoms. The quantitative estimate of drug-likeness (QED) is 0.933. The highest BCUT2D eigenvalue weighted by Gasteiger charge is 2.25. The molecule has 0 bridgehead atoms. The van der Waals surface area contributed by atoms with Crippen molar-refractivity contribution in [3.8, 4) is 0 Å². The van der Waals surface area contributed by atoms with Crippen LogP contribution in [0.4, 0.5) is 0 Å². The molecule has 1 N–H and O–H groups in total. The fourth-order valence-electron chi connectivity index (χ4n) is 2.09. The molecular weight excluding hydrogens is 294 g/mol. The second kappa shape index (κ2) is 5.72. The molecule has 2 aromatic rings. The van der Waals surface area contributed by atoms with Gasteiger partial charge in [0.05, 0.1) is 10.6 Å². The van der Waals surface area contributed by atoms with Gasteiger partial charge in [-0.3, -0.25) is 4.79 Å². The van der Waals surface area contributed by atoms with Gasteiger partial charge in [0.15, 0.2) is 0 Å². The number of aliphatic hydroxyl groups is 1. The van der Waals surface area contributed by atoms with Gasteiger partial charge in [-0.1, -0.05) is 29.8 Å². The average molecular weight is 312 g/mol. The normalized spacial score (nSPS) is 11.8. The van der Waals surface area contributed by atoms with Crippen molar-refractivity contribution in [2.24, 2.45) is 0 Å². The van der Waals surface area contributed by atoms with E-state index in [-0.39, 0.29) is 12.5 Å². The molecule has 0 saturated carbocycles. The lowest BCUT2D eigenvalue weighted by Gasteiger charge is -2.27. The van der Waals surface area contributed by atoms with Crippen LogP contribution in [0.25, 0.3) is 10.1 Å². The molecule has 0 unspecified atom stereocenters. The summed E-state index contributed by atoms with van der Waals surface area (Å²) in [7, 11) is 0. The first kappa shape index (κ1) is 15.3. The third-order valence-corrected chi connectivity index (χ3v) is 4.64. The first-order chi connectivity index (χ1) is 9.33. The summed E-state index contributed by atoms with van der Waals surface area (Å²) in [6.07, 6.45) is 0. The van der Waals surface area contributed by atoms with Crippen LogP contribution < -0.4 is 0 Å². The number of halogens is 1. The molecule has 0 aliphatic carbocycles. The predicted molar refractivity (Wildman–Crippen MR) is 84.7 cm³/mol. The van der Waals surface area contributed by atoms with Crippen molar-refractivity contribution in [3.63, 3.8) is 0 Å². The second-order valence-electron chi connectivity index (χ2n) is 5.37. The van der Waals surface area contributed by atoms with Crippen LogP contribution in [-0.2, 0) is 0 Å². The van der Waals surface area contributed by atoms with Gasteiger partial charge in [-0.2, -0.15) is 0 Å². The number of hydrogen-bond donors (Lipinski definition) is 1. The van der Waals surface area contributed by atoms with E-state index in [0.717, 1.165) is 10.1 Å². The number of rotatable bonds is 4. The molecule has 20 heavy (non-hydrogen) atoms. The first-order valence-electron chi connectivity index (χ1n) is 6.52. The maximum absolute atomic E-state index is 12.6. The van der Waals surface area contributed by atoms with E-state index in [1.54, 1.807) is 18.7 Å². The highest BCUT2D eigenvalue weighted by Crippen LogP contribution is 2.36. The molecule has 1 heterocycles. The minimum absolute atomic E-state index is 0.124. The summed E-state index contributed by atoms with van der Waals surface area (Å²) in [5.74, 6) is -0.124. The Morgan fingerprint density at radius 3 is 2.60 bits per heavy atom. The third-order valence-electron chi connectivity index (χ3n) is 2.98. The van der Waals surface area contributed by atoms with Crippen molar-refractivity contribution in [2.45, 2.75) is 26.4 Å². The van der Waals surface area contributed by atoms with Crippen molar-refractivity contribution in [1.82, 2.24) is 4.90 Å². The molecule has 5 heteroatoms. The number of amides is 1. The zero-order valence-electron chi connectivity index (χ0n) is 11.8. The molecule has 0 radical (unpaired) electrons. The van der Waals surface area contributed by atoms with Crippen LogP contribution >= 0.6 is 22.9 Å². The number of benzene rings is 1. The minimum Gasteiger partial charge on any atom is -0.389 e. The standard InChI is InChI=1S/C15H18ClNO2S/c1-4-17(9-15(2,3)19)14(18)13-12(16)10-7-5-6-8-11(10)20-13/h5-8,19H,4,9H2,1-3H3. The molecule has 1 amide bonds. The van der Waals surface area contributed by atoms with E-state index >= 15 is 0 Å². The molecule has 0 fully saturated rings. The highest BCUT2D eigenvalue weighted by molar-refractivity contribution is 7.21. The van der Waals surface area contributed by atoms with Crippen molar-refractivity contribution >= 4 is 38.9 Å². The van der Waals surface area contributed by atoms with E-state index in [2.05, 4.69) is 0 Å². The lowest BCUT2D eigenvalue weighted by molar-refractivity contribution is 0.0317. The van der Waals surface area contributed by atoms with E-state index in [9.17, 15) is 9.90 Å². The summed E-state index contributed by atoms with van der Waals surface area (Å²) in [6.45, 7) is 6.09. The predicted octanol–water partition coefficient (Wildman–Crippen LogP) is 3.79. The van der Waals surface area contributed by atoms with Crippen molar-refractivity contribution < 1.29 is 9.90 Å². The number of fused-ring (bicyclic) bond motifs is 1. The number of carbonyl (C=O) groups excluding carboxylic acids is 1.